The van der Waals surface area contributed by atoms with Crippen LogP contribution in [-0.4, -0.2) is 41.1 Å². The SMILES string of the molecule is CCN(CCCCC(=O)NN)CC(C)(C)O. The van der Waals surface area contributed by atoms with Crippen molar-refractivity contribution < 1.29 is 9.90 Å². The first-order valence-corrected chi connectivity index (χ1v) is 5.83. The van der Waals surface area contributed by atoms with E-state index >= 15 is 0 Å². The van der Waals surface area contributed by atoms with E-state index in [1.54, 1.807) is 13.8 Å². The number of carbonyl (C=O) groups excluding carboxylic acids is 1. The van der Waals surface area contributed by atoms with Crippen molar-refractivity contribution in [3.63, 3.8) is 0 Å². The number of hydrogen-bond acceptors (Lipinski definition) is 4. The van der Waals surface area contributed by atoms with Crippen LogP contribution < -0.4 is 11.3 Å². The molecular weight excluding hydrogens is 206 g/mol. The number of nitrogens with two attached hydrogens (primary N) is 1. The highest BCUT2D eigenvalue weighted by molar-refractivity contribution is 5.75. The van der Waals surface area contributed by atoms with Gasteiger partial charge in [-0.1, -0.05) is 6.92 Å². The van der Waals surface area contributed by atoms with Crippen LogP contribution in [-0.2, 0) is 4.79 Å². The van der Waals surface area contributed by atoms with Gasteiger partial charge < -0.3 is 10.0 Å². The first-order valence-electron chi connectivity index (χ1n) is 5.83. The smallest absolute Gasteiger partial charge is 0.233 e. The summed E-state index contributed by atoms with van der Waals surface area (Å²) in [6, 6.07) is 0. The number of nitrogens with zero attached hydrogens (tertiary/aromatic N) is 1. The number of hydrazine groups is 1. The number of hydrogen-bond donors (Lipinski definition) is 3. The van der Waals surface area contributed by atoms with Crippen LogP contribution in [0.1, 0.15) is 40.0 Å². The molecule has 5 heteroatoms. The summed E-state index contributed by atoms with van der Waals surface area (Å²) in [4.78, 5) is 13.0. The Morgan fingerprint density at radius 3 is 2.50 bits per heavy atom. The molecule has 0 aromatic carbocycles. The Morgan fingerprint density at radius 1 is 1.44 bits per heavy atom. The summed E-state index contributed by atoms with van der Waals surface area (Å²) in [5.41, 5.74) is 1.45. The summed E-state index contributed by atoms with van der Waals surface area (Å²) in [5, 5.41) is 9.68. The Balaban J connectivity index is 3.67. The lowest BCUT2D eigenvalue weighted by Gasteiger charge is -2.27. The number of likely N-dealkylation sites (N-methyl/N-ethyl adjacent to an activating group) is 1. The summed E-state index contributed by atoms with van der Waals surface area (Å²) in [6.07, 6.45) is 2.24. The Labute approximate surface area is 98.0 Å². The second-order valence-electron chi connectivity index (χ2n) is 4.71. The maximum atomic E-state index is 10.9. The molecule has 5 nitrogen and oxygen atoms in total. The zero-order valence-corrected chi connectivity index (χ0v) is 10.6. The maximum Gasteiger partial charge on any atom is 0.233 e. The largest absolute Gasteiger partial charge is 0.389 e. The van der Waals surface area contributed by atoms with Crippen molar-refractivity contribution in [1.29, 1.82) is 0 Å². The molecule has 0 heterocycles. The highest BCUT2D eigenvalue weighted by atomic mass is 16.3. The van der Waals surface area contributed by atoms with Crippen LogP contribution in [0.2, 0.25) is 0 Å². The minimum absolute atomic E-state index is 0.120. The molecule has 0 fully saturated rings. The third kappa shape index (κ3) is 8.64. The van der Waals surface area contributed by atoms with Crippen LogP contribution in [0.3, 0.4) is 0 Å². The lowest BCUT2D eigenvalue weighted by Crippen LogP contribution is -2.39. The van der Waals surface area contributed by atoms with E-state index < -0.39 is 5.60 Å². The second kappa shape index (κ2) is 7.60. The number of rotatable bonds is 8. The van der Waals surface area contributed by atoms with Gasteiger partial charge >= 0.3 is 0 Å². The third-order valence-corrected chi connectivity index (χ3v) is 2.35. The van der Waals surface area contributed by atoms with Crippen molar-refractivity contribution in [1.82, 2.24) is 10.3 Å². The van der Waals surface area contributed by atoms with Gasteiger partial charge in [0.2, 0.25) is 5.91 Å². The van der Waals surface area contributed by atoms with Gasteiger partial charge in [-0.25, -0.2) is 5.84 Å². The highest BCUT2D eigenvalue weighted by Crippen LogP contribution is 2.06. The molecule has 4 N–H and O–H groups in total. The molecule has 0 radical (unpaired) electrons. The van der Waals surface area contributed by atoms with E-state index in [0.29, 0.717) is 13.0 Å². The lowest BCUT2D eigenvalue weighted by molar-refractivity contribution is -0.121. The van der Waals surface area contributed by atoms with Gasteiger partial charge in [-0.05, 0) is 39.8 Å². The van der Waals surface area contributed by atoms with Crippen molar-refractivity contribution in [2.45, 2.75) is 45.6 Å². The van der Waals surface area contributed by atoms with Gasteiger partial charge in [0.05, 0.1) is 5.60 Å². The number of carbonyl (C=O) groups is 1. The molecule has 0 aliphatic carbocycles. The van der Waals surface area contributed by atoms with Gasteiger partial charge in [-0.2, -0.15) is 0 Å². The molecule has 0 aromatic heterocycles. The highest BCUT2D eigenvalue weighted by Gasteiger charge is 2.16. The summed E-state index contributed by atoms with van der Waals surface area (Å²) < 4.78 is 0. The third-order valence-electron chi connectivity index (χ3n) is 2.35. The number of aliphatic hydroxyl groups is 1. The fourth-order valence-corrected chi connectivity index (χ4v) is 1.59. The van der Waals surface area contributed by atoms with Crippen molar-refractivity contribution in [2.24, 2.45) is 5.84 Å². The van der Waals surface area contributed by atoms with Gasteiger partial charge in [-0.15, -0.1) is 0 Å². The standard InChI is InChI=1S/C11H25N3O2/c1-4-14(9-11(2,3)16)8-6-5-7-10(15)13-12/h16H,4-9,12H2,1-3H3,(H,13,15). The summed E-state index contributed by atoms with van der Waals surface area (Å²) in [6.45, 7) is 8.14. The zero-order chi connectivity index (χ0) is 12.6. The van der Waals surface area contributed by atoms with E-state index in [0.717, 1.165) is 25.9 Å². The Kier molecular flexibility index (Phi) is 7.29. The fourth-order valence-electron chi connectivity index (χ4n) is 1.59. The van der Waals surface area contributed by atoms with Crippen molar-refractivity contribution in [2.75, 3.05) is 19.6 Å². The average Bonchev–Trinajstić information content (AvgIpc) is 2.20. The molecule has 16 heavy (non-hydrogen) atoms. The number of unbranched alkanes of at least 4 members (excludes halogenated alkanes) is 1. The molecule has 0 aliphatic heterocycles. The van der Waals surface area contributed by atoms with E-state index in [9.17, 15) is 9.90 Å². The minimum Gasteiger partial charge on any atom is -0.389 e. The van der Waals surface area contributed by atoms with Crippen LogP contribution in [0.25, 0.3) is 0 Å². The van der Waals surface area contributed by atoms with E-state index in [1.807, 2.05) is 0 Å². The van der Waals surface area contributed by atoms with E-state index in [-0.39, 0.29) is 5.91 Å². The number of nitrogens with one attached hydrogen (secondary N) is 1. The van der Waals surface area contributed by atoms with Crippen LogP contribution in [0.15, 0.2) is 0 Å². The van der Waals surface area contributed by atoms with Crippen LogP contribution >= 0.6 is 0 Å². The molecule has 0 spiro atoms. The molecule has 0 saturated carbocycles. The van der Waals surface area contributed by atoms with E-state index in [4.69, 9.17) is 5.84 Å². The predicted molar refractivity (Wildman–Crippen MR) is 64.6 cm³/mol. The molecule has 0 aromatic rings. The summed E-state index contributed by atoms with van der Waals surface area (Å²) in [7, 11) is 0. The van der Waals surface area contributed by atoms with Gasteiger partial charge in [0, 0.05) is 13.0 Å². The Bertz CT molecular complexity index is 202. The second-order valence-corrected chi connectivity index (χ2v) is 4.71. The minimum atomic E-state index is -0.662. The monoisotopic (exact) mass is 231 g/mol. The van der Waals surface area contributed by atoms with Crippen LogP contribution in [0.5, 0.6) is 0 Å². The molecule has 0 bridgehead atoms. The van der Waals surface area contributed by atoms with Gasteiger partial charge in [0.15, 0.2) is 0 Å². The maximum absolute atomic E-state index is 10.9. The number of amides is 1. The molecule has 0 saturated heterocycles. The van der Waals surface area contributed by atoms with Crippen LogP contribution in [0, 0.1) is 0 Å². The Hall–Kier alpha value is -0.650. The van der Waals surface area contributed by atoms with Crippen molar-refractivity contribution >= 4 is 5.91 Å². The molecule has 0 unspecified atom stereocenters. The normalized spacial score (nSPS) is 11.9. The van der Waals surface area contributed by atoms with E-state index in [2.05, 4.69) is 17.2 Å². The molecular formula is C11H25N3O2. The van der Waals surface area contributed by atoms with Gasteiger partial charge in [-0.3, -0.25) is 10.2 Å². The van der Waals surface area contributed by atoms with Gasteiger partial charge in [0.25, 0.3) is 0 Å². The molecule has 0 aliphatic rings. The average molecular weight is 231 g/mol. The lowest BCUT2D eigenvalue weighted by atomic mass is 10.1. The molecule has 0 atom stereocenters. The van der Waals surface area contributed by atoms with Gasteiger partial charge in [0.1, 0.15) is 0 Å². The molecule has 1 amide bonds. The quantitative estimate of drug-likeness (QED) is 0.242. The predicted octanol–water partition coefficient (Wildman–Crippen LogP) is 0.239. The first-order chi connectivity index (χ1) is 7.39. The van der Waals surface area contributed by atoms with E-state index in [1.165, 1.54) is 0 Å². The molecule has 96 valence electrons. The fraction of sp³-hybridized carbons (Fsp3) is 0.909. The first kappa shape index (κ1) is 15.3. The van der Waals surface area contributed by atoms with Crippen LogP contribution in [0.4, 0.5) is 0 Å². The van der Waals surface area contributed by atoms with Crippen molar-refractivity contribution in [3.8, 4) is 0 Å². The summed E-state index contributed by atoms with van der Waals surface area (Å²) >= 11 is 0. The Morgan fingerprint density at radius 2 is 2.06 bits per heavy atom. The molecule has 0 rings (SSSR count). The zero-order valence-electron chi connectivity index (χ0n) is 10.6. The summed E-state index contributed by atoms with van der Waals surface area (Å²) in [5.74, 6) is 4.86. The topological polar surface area (TPSA) is 78.6 Å². The van der Waals surface area contributed by atoms with Crippen molar-refractivity contribution in [3.05, 3.63) is 0 Å².